The van der Waals surface area contributed by atoms with E-state index in [1.54, 1.807) is 0 Å². The van der Waals surface area contributed by atoms with Crippen LogP contribution in [0.3, 0.4) is 0 Å². The molecule has 2 aliphatic heterocycles. The standard InChI is InChI=1S/C19H26N2O3/c1-13-5-7-14(8-6-13)17(22)20-11-15-9-10-16(12-20)21(15)18(23)24-19(2,3)4/h5-8,15-16H,9-12H2,1-4H3. The van der Waals surface area contributed by atoms with E-state index in [1.807, 2.05) is 61.8 Å². The number of carbonyl (C=O) groups is 2. The molecule has 0 N–H and O–H groups in total. The number of nitrogens with zero attached hydrogens (tertiary/aromatic N) is 2. The molecule has 0 aromatic heterocycles. The van der Waals surface area contributed by atoms with Gasteiger partial charge in [0.25, 0.3) is 5.91 Å². The largest absolute Gasteiger partial charge is 0.444 e. The fraction of sp³-hybridized carbons (Fsp3) is 0.579. The van der Waals surface area contributed by atoms with Crippen molar-refractivity contribution in [3.63, 3.8) is 0 Å². The lowest BCUT2D eigenvalue weighted by atomic mass is 10.1. The minimum atomic E-state index is -0.495. The highest BCUT2D eigenvalue weighted by Crippen LogP contribution is 2.32. The normalized spacial score (nSPS) is 23.3. The number of rotatable bonds is 1. The van der Waals surface area contributed by atoms with Crippen molar-refractivity contribution in [1.82, 2.24) is 9.80 Å². The van der Waals surface area contributed by atoms with Crippen molar-refractivity contribution in [3.8, 4) is 0 Å². The molecule has 5 heteroatoms. The molecule has 2 bridgehead atoms. The van der Waals surface area contributed by atoms with Gasteiger partial charge < -0.3 is 9.64 Å². The number of hydrogen-bond donors (Lipinski definition) is 0. The summed E-state index contributed by atoms with van der Waals surface area (Å²) >= 11 is 0. The van der Waals surface area contributed by atoms with Gasteiger partial charge in [-0.05, 0) is 52.7 Å². The van der Waals surface area contributed by atoms with Gasteiger partial charge in [0.1, 0.15) is 5.60 Å². The molecule has 2 atom stereocenters. The average molecular weight is 330 g/mol. The van der Waals surface area contributed by atoms with Gasteiger partial charge in [-0.3, -0.25) is 9.69 Å². The fourth-order valence-electron chi connectivity index (χ4n) is 3.56. The number of piperazine rings is 1. The topological polar surface area (TPSA) is 49.9 Å². The predicted octanol–water partition coefficient (Wildman–Crippen LogP) is 3.22. The number of carbonyl (C=O) groups excluding carboxylic acids is 2. The second kappa shape index (κ2) is 6.11. The number of aryl methyl sites for hydroxylation is 1. The predicted molar refractivity (Wildman–Crippen MR) is 92.0 cm³/mol. The van der Waals surface area contributed by atoms with E-state index in [4.69, 9.17) is 4.74 Å². The van der Waals surface area contributed by atoms with Crippen molar-refractivity contribution < 1.29 is 14.3 Å². The SMILES string of the molecule is Cc1ccc(C(=O)N2CC3CCC(C2)N3C(=O)OC(C)(C)C)cc1. The number of fused-ring (bicyclic) bond motifs is 2. The molecule has 2 heterocycles. The first-order valence-corrected chi connectivity index (χ1v) is 8.62. The Hall–Kier alpha value is -2.04. The van der Waals surface area contributed by atoms with Crippen LogP contribution in [0.2, 0.25) is 0 Å². The minimum absolute atomic E-state index is 0.0516. The molecule has 2 aliphatic rings. The van der Waals surface area contributed by atoms with Gasteiger partial charge in [-0.2, -0.15) is 0 Å². The van der Waals surface area contributed by atoms with Gasteiger partial charge in [-0.1, -0.05) is 17.7 Å². The Morgan fingerprint density at radius 3 is 2.08 bits per heavy atom. The van der Waals surface area contributed by atoms with Crippen molar-refractivity contribution in [2.24, 2.45) is 0 Å². The zero-order chi connectivity index (χ0) is 17.5. The van der Waals surface area contributed by atoms with Gasteiger partial charge in [-0.15, -0.1) is 0 Å². The maximum Gasteiger partial charge on any atom is 0.410 e. The van der Waals surface area contributed by atoms with Crippen molar-refractivity contribution in [2.45, 2.75) is 58.2 Å². The van der Waals surface area contributed by atoms with Gasteiger partial charge in [0.2, 0.25) is 0 Å². The van der Waals surface area contributed by atoms with Crippen LogP contribution in [-0.2, 0) is 4.74 Å². The van der Waals surface area contributed by atoms with Crippen LogP contribution in [0.1, 0.15) is 49.5 Å². The Morgan fingerprint density at radius 1 is 1.04 bits per heavy atom. The van der Waals surface area contributed by atoms with E-state index in [-0.39, 0.29) is 24.1 Å². The summed E-state index contributed by atoms with van der Waals surface area (Å²) in [6.07, 6.45) is 1.61. The monoisotopic (exact) mass is 330 g/mol. The van der Waals surface area contributed by atoms with Gasteiger partial charge in [0.15, 0.2) is 0 Å². The lowest BCUT2D eigenvalue weighted by molar-refractivity contribution is -0.00335. The van der Waals surface area contributed by atoms with Crippen molar-refractivity contribution in [3.05, 3.63) is 35.4 Å². The van der Waals surface area contributed by atoms with Crippen LogP contribution in [0, 0.1) is 6.92 Å². The van der Waals surface area contributed by atoms with Crippen LogP contribution in [-0.4, -0.2) is 52.6 Å². The molecule has 5 nitrogen and oxygen atoms in total. The highest BCUT2D eigenvalue weighted by atomic mass is 16.6. The van der Waals surface area contributed by atoms with Gasteiger partial charge >= 0.3 is 6.09 Å². The van der Waals surface area contributed by atoms with Crippen LogP contribution >= 0.6 is 0 Å². The molecule has 0 aliphatic carbocycles. The van der Waals surface area contributed by atoms with Crippen LogP contribution in [0.25, 0.3) is 0 Å². The molecule has 130 valence electrons. The molecule has 2 amide bonds. The van der Waals surface area contributed by atoms with Crippen molar-refractivity contribution >= 4 is 12.0 Å². The third kappa shape index (κ3) is 3.40. The van der Waals surface area contributed by atoms with E-state index >= 15 is 0 Å². The number of ether oxygens (including phenoxy) is 1. The Kier molecular flexibility index (Phi) is 4.28. The van der Waals surface area contributed by atoms with Gasteiger partial charge in [0, 0.05) is 18.7 Å². The lowest BCUT2D eigenvalue weighted by Gasteiger charge is -2.41. The molecule has 0 saturated carbocycles. The Labute approximate surface area is 143 Å². The van der Waals surface area contributed by atoms with E-state index < -0.39 is 5.60 Å². The van der Waals surface area contributed by atoms with Crippen LogP contribution in [0.5, 0.6) is 0 Å². The summed E-state index contributed by atoms with van der Waals surface area (Å²) in [6.45, 7) is 8.82. The summed E-state index contributed by atoms with van der Waals surface area (Å²) in [5.74, 6) is 0.0516. The summed E-state index contributed by atoms with van der Waals surface area (Å²) in [5, 5.41) is 0. The van der Waals surface area contributed by atoms with E-state index in [9.17, 15) is 9.59 Å². The fourth-order valence-corrected chi connectivity index (χ4v) is 3.56. The van der Waals surface area contributed by atoms with E-state index in [1.165, 1.54) is 0 Å². The first-order chi connectivity index (χ1) is 11.2. The molecule has 2 unspecified atom stereocenters. The average Bonchev–Trinajstić information content (AvgIpc) is 2.76. The zero-order valence-electron chi connectivity index (χ0n) is 14.9. The third-order valence-electron chi connectivity index (χ3n) is 4.67. The van der Waals surface area contributed by atoms with E-state index in [2.05, 4.69) is 0 Å². The summed E-state index contributed by atoms with van der Waals surface area (Å²) in [5.41, 5.74) is 1.36. The summed E-state index contributed by atoms with van der Waals surface area (Å²) in [4.78, 5) is 28.9. The second-order valence-electron chi connectivity index (χ2n) is 7.85. The Morgan fingerprint density at radius 2 is 1.58 bits per heavy atom. The second-order valence-corrected chi connectivity index (χ2v) is 7.85. The lowest BCUT2D eigenvalue weighted by Crippen LogP contribution is -2.57. The molecular formula is C19H26N2O3. The van der Waals surface area contributed by atoms with E-state index in [0.29, 0.717) is 18.7 Å². The van der Waals surface area contributed by atoms with Crippen molar-refractivity contribution in [1.29, 1.82) is 0 Å². The van der Waals surface area contributed by atoms with E-state index in [0.717, 1.165) is 18.4 Å². The molecule has 3 rings (SSSR count). The summed E-state index contributed by atoms with van der Waals surface area (Å²) in [7, 11) is 0. The quantitative estimate of drug-likeness (QED) is 0.794. The number of amides is 2. The number of likely N-dealkylation sites (tertiary alicyclic amines) is 1. The zero-order valence-corrected chi connectivity index (χ0v) is 14.9. The Bertz CT molecular complexity index is 619. The molecule has 2 fully saturated rings. The van der Waals surface area contributed by atoms with Crippen LogP contribution in [0.15, 0.2) is 24.3 Å². The number of hydrogen-bond acceptors (Lipinski definition) is 3. The first kappa shape index (κ1) is 16.8. The highest BCUT2D eigenvalue weighted by molar-refractivity contribution is 5.94. The molecule has 1 aromatic carbocycles. The minimum Gasteiger partial charge on any atom is -0.444 e. The maximum absolute atomic E-state index is 12.7. The number of benzene rings is 1. The van der Waals surface area contributed by atoms with Gasteiger partial charge in [0.05, 0.1) is 12.1 Å². The first-order valence-electron chi connectivity index (χ1n) is 8.62. The molecular weight excluding hydrogens is 304 g/mol. The summed E-state index contributed by atoms with van der Waals surface area (Å²) < 4.78 is 5.54. The van der Waals surface area contributed by atoms with Crippen molar-refractivity contribution in [2.75, 3.05) is 13.1 Å². The summed E-state index contributed by atoms with van der Waals surface area (Å²) in [6, 6.07) is 7.79. The Balaban J connectivity index is 1.70. The molecule has 0 spiro atoms. The molecule has 1 aromatic rings. The van der Waals surface area contributed by atoms with Crippen LogP contribution < -0.4 is 0 Å². The smallest absolute Gasteiger partial charge is 0.410 e. The van der Waals surface area contributed by atoms with Gasteiger partial charge in [-0.25, -0.2) is 4.79 Å². The molecule has 0 radical (unpaired) electrons. The maximum atomic E-state index is 12.7. The van der Waals surface area contributed by atoms with Crippen LogP contribution in [0.4, 0.5) is 4.79 Å². The highest BCUT2D eigenvalue weighted by Gasteiger charge is 2.45. The molecule has 2 saturated heterocycles. The third-order valence-corrected chi connectivity index (χ3v) is 4.67. The molecule has 24 heavy (non-hydrogen) atoms.